The maximum absolute atomic E-state index is 8.36. The number of nitrogens with zero attached hydrogens (tertiary/aromatic N) is 3. The van der Waals surface area contributed by atoms with Gasteiger partial charge in [0, 0.05) is 28.5 Å². The summed E-state index contributed by atoms with van der Waals surface area (Å²) in [5.74, 6) is 0.593. The SMILES string of the molecule is Clc1ccc(CCC(Cn2ccnc2)Oc2cc(Cl)ccc2Cl)cc1.O=[N+]([O-])O. The fourth-order valence-corrected chi connectivity index (χ4v) is 2.99. The molecule has 0 aliphatic heterocycles. The second-order valence-corrected chi connectivity index (χ2v) is 7.26. The fourth-order valence-electron chi connectivity index (χ4n) is 2.54. The predicted octanol–water partition coefficient (Wildman–Crippen LogP) is 5.58. The molecule has 0 aliphatic carbocycles. The van der Waals surface area contributed by atoms with Gasteiger partial charge in [0.1, 0.15) is 11.9 Å². The van der Waals surface area contributed by atoms with E-state index in [0.717, 1.165) is 17.9 Å². The molecular formula is C19H18Cl3N3O4. The minimum Gasteiger partial charge on any atom is -0.487 e. The van der Waals surface area contributed by atoms with E-state index in [1.807, 2.05) is 35.0 Å². The molecule has 1 N–H and O–H groups in total. The van der Waals surface area contributed by atoms with E-state index in [0.29, 0.717) is 22.3 Å². The van der Waals surface area contributed by atoms with E-state index >= 15 is 0 Å². The van der Waals surface area contributed by atoms with Crippen molar-refractivity contribution >= 4 is 34.8 Å². The molecule has 2 aromatic carbocycles. The highest BCUT2D eigenvalue weighted by Crippen LogP contribution is 2.29. The Labute approximate surface area is 182 Å². The van der Waals surface area contributed by atoms with E-state index < -0.39 is 5.09 Å². The fraction of sp³-hybridized carbons (Fsp3) is 0.211. The Morgan fingerprint density at radius 3 is 2.41 bits per heavy atom. The van der Waals surface area contributed by atoms with E-state index in [1.165, 1.54) is 5.56 Å². The van der Waals surface area contributed by atoms with Gasteiger partial charge in [0.2, 0.25) is 0 Å². The third-order valence-electron chi connectivity index (χ3n) is 3.83. The molecule has 1 aromatic heterocycles. The number of benzene rings is 2. The van der Waals surface area contributed by atoms with Crippen LogP contribution >= 0.6 is 34.8 Å². The molecule has 1 atom stereocenters. The van der Waals surface area contributed by atoms with Crippen LogP contribution in [-0.4, -0.2) is 25.9 Å². The first-order valence-corrected chi connectivity index (χ1v) is 9.62. The maximum Gasteiger partial charge on any atom is 0.291 e. The lowest BCUT2D eigenvalue weighted by molar-refractivity contribution is -0.742. The normalized spacial score (nSPS) is 11.3. The van der Waals surface area contributed by atoms with Crippen molar-refractivity contribution < 1.29 is 15.0 Å². The lowest BCUT2D eigenvalue weighted by Gasteiger charge is -2.21. The molecule has 0 spiro atoms. The van der Waals surface area contributed by atoms with Crippen molar-refractivity contribution in [2.75, 3.05) is 0 Å². The first-order valence-electron chi connectivity index (χ1n) is 8.48. The van der Waals surface area contributed by atoms with Gasteiger partial charge >= 0.3 is 0 Å². The Hall–Kier alpha value is -2.48. The van der Waals surface area contributed by atoms with Crippen molar-refractivity contribution in [3.63, 3.8) is 0 Å². The Morgan fingerprint density at radius 2 is 1.79 bits per heavy atom. The van der Waals surface area contributed by atoms with Gasteiger partial charge in [-0.1, -0.05) is 46.9 Å². The molecule has 3 aromatic rings. The van der Waals surface area contributed by atoms with E-state index in [4.69, 9.17) is 54.9 Å². The predicted molar refractivity (Wildman–Crippen MR) is 112 cm³/mol. The smallest absolute Gasteiger partial charge is 0.291 e. The van der Waals surface area contributed by atoms with Gasteiger partial charge in [-0.2, -0.15) is 0 Å². The van der Waals surface area contributed by atoms with Crippen molar-refractivity contribution in [1.82, 2.24) is 9.55 Å². The van der Waals surface area contributed by atoms with Crippen molar-refractivity contribution in [2.24, 2.45) is 0 Å². The quantitative estimate of drug-likeness (QED) is 0.369. The number of halogens is 3. The van der Waals surface area contributed by atoms with E-state index in [2.05, 4.69) is 4.98 Å². The number of rotatable bonds is 7. The summed E-state index contributed by atoms with van der Waals surface area (Å²) in [6.07, 6.45) is 7.07. The number of hydrogen-bond acceptors (Lipinski definition) is 4. The van der Waals surface area contributed by atoms with Crippen LogP contribution in [0, 0.1) is 10.1 Å². The number of aryl methyl sites for hydroxylation is 1. The molecule has 0 amide bonds. The zero-order valence-electron chi connectivity index (χ0n) is 15.1. The summed E-state index contributed by atoms with van der Waals surface area (Å²) in [6.45, 7) is 0.677. The average molecular weight is 459 g/mol. The Kier molecular flexibility index (Phi) is 9.05. The summed E-state index contributed by atoms with van der Waals surface area (Å²) in [5, 5.41) is 15.5. The molecule has 0 saturated heterocycles. The molecule has 0 bridgehead atoms. The number of ether oxygens (including phenoxy) is 1. The first-order chi connectivity index (χ1) is 13.8. The Morgan fingerprint density at radius 1 is 1.14 bits per heavy atom. The van der Waals surface area contributed by atoms with Crippen molar-refractivity contribution in [1.29, 1.82) is 0 Å². The highest BCUT2D eigenvalue weighted by atomic mass is 35.5. The zero-order valence-corrected chi connectivity index (χ0v) is 17.4. The van der Waals surface area contributed by atoms with Gasteiger partial charge in [-0.3, -0.25) is 0 Å². The third-order valence-corrected chi connectivity index (χ3v) is 4.63. The number of imidazole rings is 1. The molecular weight excluding hydrogens is 441 g/mol. The molecule has 1 unspecified atom stereocenters. The van der Waals surface area contributed by atoms with Crippen LogP contribution in [0.4, 0.5) is 0 Å². The topological polar surface area (TPSA) is 90.4 Å². The van der Waals surface area contributed by atoms with Gasteiger partial charge in [-0.15, -0.1) is 10.1 Å². The van der Waals surface area contributed by atoms with Crippen LogP contribution in [0.5, 0.6) is 5.75 Å². The summed E-state index contributed by atoms with van der Waals surface area (Å²) in [7, 11) is 0. The van der Waals surface area contributed by atoms with Gasteiger partial charge in [0.25, 0.3) is 5.09 Å². The van der Waals surface area contributed by atoms with Crippen LogP contribution in [0.1, 0.15) is 12.0 Å². The summed E-state index contributed by atoms with van der Waals surface area (Å²) in [6, 6.07) is 13.1. The van der Waals surface area contributed by atoms with E-state index in [-0.39, 0.29) is 6.10 Å². The molecule has 10 heteroatoms. The third kappa shape index (κ3) is 8.60. The highest BCUT2D eigenvalue weighted by molar-refractivity contribution is 6.34. The summed E-state index contributed by atoms with van der Waals surface area (Å²) < 4.78 is 8.14. The largest absolute Gasteiger partial charge is 0.487 e. The van der Waals surface area contributed by atoms with Crippen LogP contribution in [0.25, 0.3) is 0 Å². The summed E-state index contributed by atoms with van der Waals surface area (Å²) in [4.78, 5) is 12.4. The van der Waals surface area contributed by atoms with Gasteiger partial charge < -0.3 is 14.5 Å². The minimum atomic E-state index is -1.50. The Balaban J connectivity index is 0.000000687. The summed E-state index contributed by atoms with van der Waals surface area (Å²) in [5.41, 5.74) is 1.21. The van der Waals surface area contributed by atoms with Crippen LogP contribution in [0.15, 0.2) is 61.2 Å². The van der Waals surface area contributed by atoms with Crippen LogP contribution in [0.2, 0.25) is 15.1 Å². The van der Waals surface area contributed by atoms with Crippen LogP contribution in [-0.2, 0) is 13.0 Å². The Bertz CT molecular complexity index is 902. The number of aromatic nitrogens is 2. The van der Waals surface area contributed by atoms with E-state index in [1.54, 1.807) is 30.7 Å². The number of hydrogen-bond donors (Lipinski definition) is 1. The van der Waals surface area contributed by atoms with Gasteiger partial charge in [0.15, 0.2) is 0 Å². The van der Waals surface area contributed by atoms with Crippen LogP contribution < -0.4 is 4.74 Å². The molecule has 0 radical (unpaired) electrons. The minimum absolute atomic E-state index is 0.0687. The van der Waals surface area contributed by atoms with Crippen molar-refractivity contribution in [3.05, 3.63) is 91.9 Å². The molecule has 0 saturated carbocycles. The van der Waals surface area contributed by atoms with Gasteiger partial charge in [-0.25, -0.2) is 4.98 Å². The van der Waals surface area contributed by atoms with Crippen LogP contribution in [0.3, 0.4) is 0 Å². The maximum atomic E-state index is 8.36. The van der Waals surface area contributed by atoms with Crippen molar-refractivity contribution in [3.8, 4) is 5.75 Å². The molecule has 1 heterocycles. The molecule has 7 nitrogen and oxygen atoms in total. The highest BCUT2D eigenvalue weighted by Gasteiger charge is 2.14. The average Bonchev–Trinajstić information content (AvgIpc) is 3.16. The second kappa shape index (κ2) is 11.5. The molecule has 154 valence electrons. The van der Waals surface area contributed by atoms with Gasteiger partial charge in [0.05, 0.1) is 17.9 Å². The van der Waals surface area contributed by atoms with E-state index in [9.17, 15) is 0 Å². The monoisotopic (exact) mass is 457 g/mol. The lowest BCUT2D eigenvalue weighted by atomic mass is 10.1. The second-order valence-electron chi connectivity index (χ2n) is 5.98. The first kappa shape index (κ1) is 22.8. The van der Waals surface area contributed by atoms with Crippen molar-refractivity contribution in [2.45, 2.75) is 25.5 Å². The molecule has 29 heavy (non-hydrogen) atoms. The standard InChI is InChI=1S/C19H17Cl3N2O.HNO3/c20-15-4-1-14(2-5-15)3-7-17(12-24-10-9-23-13-24)25-19-11-16(21)6-8-18(19)22;2-1(3)4/h1-2,4-6,8-11,13,17H,3,7,12H2;(H,2,3,4). The molecule has 3 rings (SSSR count). The molecule has 0 aliphatic rings. The lowest BCUT2D eigenvalue weighted by Crippen LogP contribution is -2.23. The summed E-state index contributed by atoms with van der Waals surface area (Å²) >= 11 is 18.3. The van der Waals surface area contributed by atoms with Gasteiger partial charge in [-0.05, 0) is 42.7 Å². The molecule has 0 fully saturated rings. The zero-order chi connectivity index (χ0) is 21.2.